The fourth-order valence-corrected chi connectivity index (χ4v) is 12.3. The van der Waals surface area contributed by atoms with E-state index in [1.807, 2.05) is 0 Å². The van der Waals surface area contributed by atoms with E-state index < -0.39 is 0 Å². The SMILES string of the molecule is c1ccc(-c2c(-c3ccc4c(c3)-c3cccc5cccc-4c35)c(-c3ccc4c(c3)-c3cccc5cccc-4c35)c(-c3ccccc3)c(-c3ccc4ccccc4c3)c2-c2ccc3ccccc3c2)cc1. The van der Waals surface area contributed by atoms with E-state index in [0.29, 0.717) is 0 Å². The molecule has 0 atom stereocenters. The number of fused-ring (bicyclic) bond motifs is 8. The zero-order valence-corrected chi connectivity index (χ0v) is 38.2. The second kappa shape index (κ2) is 15.2. The molecule has 0 heteroatoms. The van der Waals surface area contributed by atoms with Crippen LogP contribution in [0.2, 0.25) is 0 Å². The van der Waals surface area contributed by atoms with Crippen LogP contribution < -0.4 is 0 Å². The Balaban J connectivity index is 1.16. The minimum atomic E-state index is 1.17. The highest BCUT2D eigenvalue weighted by molar-refractivity contribution is 6.21. The molecule has 0 unspecified atom stereocenters. The van der Waals surface area contributed by atoms with Gasteiger partial charge in [0.15, 0.2) is 0 Å². The molecule has 2 aliphatic rings. The molecular formula is C70H42. The lowest BCUT2D eigenvalue weighted by Gasteiger charge is -2.29. The predicted octanol–water partition coefficient (Wildman–Crippen LogP) is 19.6. The Morgan fingerprint density at radius 3 is 0.843 bits per heavy atom. The Labute approximate surface area is 407 Å². The average Bonchev–Trinajstić information content (AvgIpc) is 3.93. The first-order chi connectivity index (χ1) is 34.7. The van der Waals surface area contributed by atoms with E-state index >= 15 is 0 Å². The lowest BCUT2D eigenvalue weighted by atomic mass is 9.73. The fraction of sp³-hybridized carbons (Fsp3) is 0. The molecule has 0 aromatic heterocycles. The maximum absolute atomic E-state index is 2.51. The molecule has 0 aliphatic heterocycles. The first-order valence-corrected chi connectivity index (χ1v) is 24.4. The largest absolute Gasteiger partial charge is 0.0622 e. The van der Waals surface area contributed by atoms with Gasteiger partial charge in [-0.25, -0.2) is 0 Å². The summed E-state index contributed by atoms with van der Waals surface area (Å²) in [6.45, 7) is 0. The van der Waals surface area contributed by atoms with Crippen LogP contribution in [0.4, 0.5) is 0 Å². The molecule has 0 spiro atoms. The van der Waals surface area contributed by atoms with Gasteiger partial charge in [-0.3, -0.25) is 0 Å². The molecule has 0 radical (unpaired) electrons. The van der Waals surface area contributed by atoms with Gasteiger partial charge in [0.2, 0.25) is 0 Å². The highest BCUT2D eigenvalue weighted by Crippen LogP contribution is 2.59. The van der Waals surface area contributed by atoms with Crippen molar-refractivity contribution in [2.75, 3.05) is 0 Å². The van der Waals surface area contributed by atoms with Crippen molar-refractivity contribution in [3.63, 3.8) is 0 Å². The normalized spacial score (nSPS) is 12.0. The van der Waals surface area contributed by atoms with E-state index in [2.05, 4.69) is 255 Å². The average molecular weight is 883 g/mol. The van der Waals surface area contributed by atoms with Gasteiger partial charge >= 0.3 is 0 Å². The quantitative estimate of drug-likeness (QED) is 0.156. The zero-order valence-electron chi connectivity index (χ0n) is 38.2. The lowest BCUT2D eigenvalue weighted by Crippen LogP contribution is -2.02. The van der Waals surface area contributed by atoms with Crippen LogP contribution >= 0.6 is 0 Å². The summed E-state index contributed by atoms with van der Waals surface area (Å²) in [6.07, 6.45) is 0. The van der Waals surface area contributed by atoms with E-state index in [0.717, 1.165) is 0 Å². The van der Waals surface area contributed by atoms with Crippen molar-refractivity contribution in [1.29, 1.82) is 0 Å². The zero-order chi connectivity index (χ0) is 45.9. The molecule has 13 aromatic carbocycles. The summed E-state index contributed by atoms with van der Waals surface area (Å²) in [5.74, 6) is 0. The number of hydrogen-bond donors (Lipinski definition) is 0. The minimum absolute atomic E-state index is 1.17. The highest BCUT2D eigenvalue weighted by Gasteiger charge is 2.32. The van der Waals surface area contributed by atoms with Crippen molar-refractivity contribution in [2.45, 2.75) is 0 Å². The molecule has 0 bridgehead atoms. The van der Waals surface area contributed by atoms with Gasteiger partial charge in [-0.05, 0) is 179 Å². The molecule has 0 nitrogen and oxygen atoms in total. The molecule has 0 heterocycles. The standard InChI is InChI=1S/C70H42/c1-3-17-47(18-4-1)65-67(51-33-31-43-15-7-9-21-49(43)39-51)68(52-34-32-44-16-8-10-22-50(44)40-52)66(48-19-5-2-6-20-48)70(54-36-38-56-58-28-12-24-46-26-14-30-60(64(46)58)62(56)42-54)69(65)53-35-37-55-57-27-11-23-45-25-13-29-59(63(45)57)61(55)41-53/h1-42H. The summed E-state index contributed by atoms with van der Waals surface area (Å²) < 4.78 is 0. The van der Waals surface area contributed by atoms with Crippen LogP contribution in [0.25, 0.3) is 154 Å². The van der Waals surface area contributed by atoms with Crippen molar-refractivity contribution < 1.29 is 0 Å². The molecular weight excluding hydrogens is 841 g/mol. The van der Waals surface area contributed by atoms with Crippen LogP contribution in [-0.4, -0.2) is 0 Å². The summed E-state index contributed by atoms with van der Waals surface area (Å²) in [6, 6.07) is 95.9. The number of rotatable bonds is 6. The van der Waals surface area contributed by atoms with Crippen LogP contribution in [0.3, 0.4) is 0 Å². The number of benzene rings is 13. The molecule has 0 saturated heterocycles. The first-order valence-electron chi connectivity index (χ1n) is 24.4. The maximum Gasteiger partial charge on any atom is -0.00136 e. The van der Waals surface area contributed by atoms with E-state index in [-0.39, 0.29) is 0 Å². The van der Waals surface area contributed by atoms with Gasteiger partial charge in [0.1, 0.15) is 0 Å². The van der Waals surface area contributed by atoms with E-state index in [1.165, 1.54) is 154 Å². The third-order valence-electron chi connectivity index (χ3n) is 15.3. The Bertz CT molecular complexity index is 4030. The van der Waals surface area contributed by atoms with Crippen LogP contribution in [0.5, 0.6) is 0 Å². The smallest absolute Gasteiger partial charge is 0.00136 e. The topological polar surface area (TPSA) is 0 Å². The molecule has 0 saturated carbocycles. The summed E-state index contributed by atoms with van der Waals surface area (Å²) in [7, 11) is 0. The molecule has 322 valence electrons. The Morgan fingerprint density at radius 2 is 0.443 bits per heavy atom. The van der Waals surface area contributed by atoms with Crippen LogP contribution in [0, 0.1) is 0 Å². The van der Waals surface area contributed by atoms with E-state index in [4.69, 9.17) is 0 Å². The molecule has 0 N–H and O–H groups in total. The van der Waals surface area contributed by atoms with Gasteiger partial charge in [-0.15, -0.1) is 0 Å². The van der Waals surface area contributed by atoms with Gasteiger partial charge < -0.3 is 0 Å². The monoisotopic (exact) mass is 882 g/mol. The third-order valence-corrected chi connectivity index (χ3v) is 15.3. The van der Waals surface area contributed by atoms with Crippen molar-refractivity contribution in [2.24, 2.45) is 0 Å². The molecule has 70 heavy (non-hydrogen) atoms. The van der Waals surface area contributed by atoms with Gasteiger partial charge in [0.05, 0.1) is 0 Å². The second-order valence-corrected chi connectivity index (χ2v) is 19.0. The van der Waals surface area contributed by atoms with Gasteiger partial charge in [-0.1, -0.05) is 231 Å². The van der Waals surface area contributed by atoms with Gasteiger partial charge in [-0.2, -0.15) is 0 Å². The molecule has 0 amide bonds. The van der Waals surface area contributed by atoms with Gasteiger partial charge in [0, 0.05) is 0 Å². The molecule has 2 aliphatic carbocycles. The van der Waals surface area contributed by atoms with Crippen molar-refractivity contribution in [1.82, 2.24) is 0 Å². The third kappa shape index (κ3) is 5.78. The number of hydrogen-bond acceptors (Lipinski definition) is 0. The highest BCUT2D eigenvalue weighted by atomic mass is 14.3. The van der Waals surface area contributed by atoms with Crippen molar-refractivity contribution >= 4 is 43.1 Å². The lowest BCUT2D eigenvalue weighted by molar-refractivity contribution is 1.52. The fourth-order valence-electron chi connectivity index (χ4n) is 12.3. The van der Waals surface area contributed by atoms with Gasteiger partial charge in [0.25, 0.3) is 0 Å². The Hall–Kier alpha value is -9.10. The van der Waals surface area contributed by atoms with Crippen LogP contribution in [0.1, 0.15) is 0 Å². The van der Waals surface area contributed by atoms with Crippen LogP contribution in [-0.2, 0) is 0 Å². The van der Waals surface area contributed by atoms with Crippen LogP contribution in [0.15, 0.2) is 255 Å². The second-order valence-electron chi connectivity index (χ2n) is 19.0. The summed E-state index contributed by atoms with van der Waals surface area (Å²) in [5, 5.41) is 10.1. The Kier molecular flexibility index (Phi) is 8.46. The molecule has 0 fully saturated rings. The van der Waals surface area contributed by atoms with E-state index in [9.17, 15) is 0 Å². The molecule has 15 rings (SSSR count). The van der Waals surface area contributed by atoms with E-state index in [1.54, 1.807) is 0 Å². The summed E-state index contributed by atoms with van der Waals surface area (Å²) in [4.78, 5) is 0. The minimum Gasteiger partial charge on any atom is -0.0622 e. The first kappa shape index (κ1) is 38.9. The predicted molar refractivity (Wildman–Crippen MR) is 298 cm³/mol. The molecule has 13 aromatic rings. The summed E-state index contributed by atoms with van der Waals surface area (Å²) in [5.41, 5.74) is 24.7. The maximum atomic E-state index is 2.51. The summed E-state index contributed by atoms with van der Waals surface area (Å²) >= 11 is 0. The van der Waals surface area contributed by atoms with Crippen molar-refractivity contribution in [3.8, 4) is 111 Å². The van der Waals surface area contributed by atoms with Crippen molar-refractivity contribution in [3.05, 3.63) is 255 Å². The Morgan fingerprint density at radius 1 is 0.143 bits per heavy atom.